The van der Waals surface area contributed by atoms with Gasteiger partial charge in [-0.1, -0.05) is 39.8 Å². The topological polar surface area (TPSA) is 3.24 Å². The first-order valence-corrected chi connectivity index (χ1v) is 5.39. The van der Waals surface area contributed by atoms with E-state index in [0.717, 1.165) is 18.4 Å². The van der Waals surface area contributed by atoms with E-state index in [2.05, 4.69) is 51.7 Å². The maximum absolute atomic E-state index is 2.52. The molecule has 0 saturated heterocycles. The van der Waals surface area contributed by atoms with E-state index >= 15 is 0 Å². The predicted molar refractivity (Wildman–Crippen MR) is 60.9 cm³/mol. The fraction of sp³-hybridized carbons (Fsp3) is 0.833. The average Bonchev–Trinajstić information content (AvgIpc) is 1.98. The average molecular weight is 183 g/mol. The van der Waals surface area contributed by atoms with Gasteiger partial charge in [0.05, 0.1) is 0 Å². The lowest BCUT2D eigenvalue weighted by atomic mass is 10.1. The van der Waals surface area contributed by atoms with Gasteiger partial charge in [-0.25, -0.2) is 0 Å². The molecule has 1 heteroatoms. The molecule has 0 aromatic heterocycles. The zero-order chi connectivity index (χ0) is 10.3. The van der Waals surface area contributed by atoms with Crippen LogP contribution in [-0.4, -0.2) is 24.5 Å². The van der Waals surface area contributed by atoms with Gasteiger partial charge in [0.2, 0.25) is 0 Å². The predicted octanol–water partition coefficient (Wildman–Crippen LogP) is 3.18. The summed E-state index contributed by atoms with van der Waals surface area (Å²) in [5.41, 5.74) is 0. The van der Waals surface area contributed by atoms with Gasteiger partial charge in [-0.2, -0.15) is 0 Å². The standard InChI is InChI=1S/C12H25N/c1-6-7-8-13(9-11(2)3)10-12(4)5/h6-7,11-12H,8-10H2,1-5H3/b7-6-. The van der Waals surface area contributed by atoms with Gasteiger partial charge < -0.3 is 0 Å². The van der Waals surface area contributed by atoms with Crippen molar-refractivity contribution in [1.82, 2.24) is 4.90 Å². The van der Waals surface area contributed by atoms with Crippen molar-refractivity contribution in [2.24, 2.45) is 11.8 Å². The summed E-state index contributed by atoms with van der Waals surface area (Å²) in [6.07, 6.45) is 4.37. The Labute approximate surface area is 83.8 Å². The third-order valence-corrected chi connectivity index (χ3v) is 1.85. The highest BCUT2D eigenvalue weighted by molar-refractivity contribution is 4.81. The van der Waals surface area contributed by atoms with Crippen LogP contribution in [0.15, 0.2) is 12.2 Å². The van der Waals surface area contributed by atoms with Crippen LogP contribution in [0.25, 0.3) is 0 Å². The van der Waals surface area contributed by atoms with Gasteiger partial charge in [0.15, 0.2) is 0 Å². The van der Waals surface area contributed by atoms with E-state index < -0.39 is 0 Å². The first-order valence-electron chi connectivity index (χ1n) is 5.39. The molecule has 78 valence electrons. The lowest BCUT2D eigenvalue weighted by Gasteiger charge is -2.24. The number of allylic oxidation sites excluding steroid dienone is 1. The number of hydrogen-bond donors (Lipinski definition) is 0. The molecular weight excluding hydrogens is 158 g/mol. The Morgan fingerprint density at radius 2 is 1.46 bits per heavy atom. The van der Waals surface area contributed by atoms with Crippen LogP contribution < -0.4 is 0 Å². The van der Waals surface area contributed by atoms with Crippen molar-refractivity contribution in [3.8, 4) is 0 Å². The molecule has 0 N–H and O–H groups in total. The molecular formula is C12H25N. The fourth-order valence-electron chi connectivity index (χ4n) is 1.51. The Balaban J connectivity index is 3.87. The Bertz CT molecular complexity index is 126. The third kappa shape index (κ3) is 8.04. The van der Waals surface area contributed by atoms with Crippen molar-refractivity contribution in [1.29, 1.82) is 0 Å². The van der Waals surface area contributed by atoms with Crippen molar-refractivity contribution in [3.63, 3.8) is 0 Å². The van der Waals surface area contributed by atoms with Gasteiger partial charge >= 0.3 is 0 Å². The summed E-state index contributed by atoms with van der Waals surface area (Å²) >= 11 is 0. The minimum absolute atomic E-state index is 0.768. The van der Waals surface area contributed by atoms with Crippen LogP contribution in [0.5, 0.6) is 0 Å². The molecule has 13 heavy (non-hydrogen) atoms. The first-order chi connectivity index (χ1) is 6.06. The Hall–Kier alpha value is -0.300. The monoisotopic (exact) mass is 183 g/mol. The van der Waals surface area contributed by atoms with Gasteiger partial charge in [-0.15, -0.1) is 0 Å². The van der Waals surface area contributed by atoms with Crippen LogP contribution >= 0.6 is 0 Å². The number of hydrogen-bond acceptors (Lipinski definition) is 1. The Morgan fingerprint density at radius 1 is 1.00 bits per heavy atom. The van der Waals surface area contributed by atoms with Crippen molar-refractivity contribution in [2.45, 2.75) is 34.6 Å². The molecule has 0 fully saturated rings. The molecule has 0 spiro atoms. The largest absolute Gasteiger partial charge is 0.299 e. The van der Waals surface area contributed by atoms with Gasteiger partial charge in [0.25, 0.3) is 0 Å². The van der Waals surface area contributed by atoms with Crippen LogP contribution in [0, 0.1) is 11.8 Å². The fourth-order valence-corrected chi connectivity index (χ4v) is 1.51. The van der Waals surface area contributed by atoms with Crippen LogP contribution in [0.3, 0.4) is 0 Å². The van der Waals surface area contributed by atoms with Gasteiger partial charge in [-0.3, -0.25) is 4.90 Å². The summed E-state index contributed by atoms with van der Waals surface area (Å²) in [5.74, 6) is 1.54. The molecule has 0 amide bonds. The van der Waals surface area contributed by atoms with Crippen molar-refractivity contribution in [2.75, 3.05) is 19.6 Å². The van der Waals surface area contributed by atoms with Gasteiger partial charge in [-0.05, 0) is 18.8 Å². The molecule has 0 radical (unpaired) electrons. The quantitative estimate of drug-likeness (QED) is 0.572. The molecule has 0 aliphatic heterocycles. The minimum Gasteiger partial charge on any atom is -0.299 e. The highest BCUT2D eigenvalue weighted by atomic mass is 15.1. The Morgan fingerprint density at radius 3 is 1.77 bits per heavy atom. The summed E-state index contributed by atoms with van der Waals surface area (Å²) < 4.78 is 0. The molecule has 0 rings (SSSR count). The second kappa shape index (κ2) is 7.14. The van der Waals surface area contributed by atoms with Crippen molar-refractivity contribution < 1.29 is 0 Å². The van der Waals surface area contributed by atoms with Gasteiger partial charge in [0, 0.05) is 19.6 Å². The summed E-state index contributed by atoms with van der Waals surface area (Å²) in [6.45, 7) is 14.7. The second-order valence-electron chi connectivity index (χ2n) is 4.58. The van der Waals surface area contributed by atoms with Crippen LogP contribution in [0.4, 0.5) is 0 Å². The van der Waals surface area contributed by atoms with E-state index in [1.165, 1.54) is 13.1 Å². The molecule has 0 aromatic rings. The smallest absolute Gasteiger partial charge is 0.0163 e. The molecule has 0 aliphatic rings. The van der Waals surface area contributed by atoms with E-state index in [1.807, 2.05) is 0 Å². The summed E-state index contributed by atoms with van der Waals surface area (Å²) in [5, 5.41) is 0. The highest BCUT2D eigenvalue weighted by Gasteiger charge is 2.06. The molecule has 0 atom stereocenters. The molecule has 0 heterocycles. The highest BCUT2D eigenvalue weighted by Crippen LogP contribution is 2.03. The maximum atomic E-state index is 2.52. The number of rotatable bonds is 6. The minimum atomic E-state index is 0.768. The lowest BCUT2D eigenvalue weighted by molar-refractivity contribution is 0.241. The van der Waals surface area contributed by atoms with Crippen LogP contribution in [0.2, 0.25) is 0 Å². The summed E-state index contributed by atoms with van der Waals surface area (Å²) in [7, 11) is 0. The molecule has 0 aliphatic carbocycles. The molecule has 1 nitrogen and oxygen atoms in total. The van der Waals surface area contributed by atoms with Crippen molar-refractivity contribution in [3.05, 3.63) is 12.2 Å². The zero-order valence-electron chi connectivity index (χ0n) is 9.88. The van der Waals surface area contributed by atoms with E-state index in [-0.39, 0.29) is 0 Å². The molecule has 0 saturated carbocycles. The van der Waals surface area contributed by atoms with Crippen LogP contribution in [0.1, 0.15) is 34.6 Å². The van der Waals surface area contributed by atoms with E-state index in [0.29, 0.717) is 0 Å². The summed E-state index contributed by atoms with van der Waals surface area (Å²) in [6, 6.07) is 0. The maximum Gasteiger partial charge on any atom is 0.0163 e. The third-order valence-electron chi connectivity index (χ3n) is 1.85. The normalized spacial score (nSPS) is 12.6. The molecule has 0 aromatic carbocycles. The molecule has 0 unspecified atom stereocenters. The zero-order valence-corrected chi connectivity index (χ0v) is 9.88. The van der Waals surface area contributed by atoms with E-state index in [4.69, 9.17) is 0 Å². The SMILES string of the molecule is C/C=C\CN(CC(C)C)CC(C)C. The first kappa shape index (κ1) is 12.7. The van der Waals surface area contributed by atoms with Gasteiger partial charge in [0.1, 0.15) is 0 Å². The number of nitrogens with zero attached hydrogens (tertiary/aromatic N) is 1. The van der Waals surface area contributed by atoms with Crippen molar-refractivity contribution >= 4 is 0 Å². The van der Waals surface area contributed by atoms with Crippen LogP contribution in [-0.2, 0) is 0 Å². The Kier molecular flexibility index (Phi) is 6.97. The molecule has 0 bridgehead atoms. The van der Waals surface area contributed by atoms with E-state index in [1.54, 1.807) is 0 Å². The second-order valence-corrected chi connectivity index (χ2v) is 4.58. The summed E-state index contributed by atoms with van der Waals surface area (Å²) in [4.78, 5) is 2.52. The van der Waals surface area contributed by atoms with E-state index in [9.17, 15) is 0 Å². The lowest BCUT2D eigenvalue weighted by Crippen LogP contribution is -2.31.